The predicted octanol–water partition coefficient (Wildman–Crippen LogP) is 2.67. The van der Waals surface area contributed by atoms with Crippen LogP contribution in [0.4, 0.5) is 0 Å². The van der Waals surface area contributed by atoms with Crippen LogP contribution < -0.4 is 5.32 Å². The molecule has 2 rings (SSSR count). The summed E-state index contributed by atoms with van der Waals surface area (Å²) in [7, 11) is 0. The molecular formula is C12H20N2OS. The van der Waals surface area contributed by atoms with E-state index in [-0.39, 0.29) is 0 Å². The highest BCUT2D eigenvalue weighted by atomic mass is 32.1. The van der Waals surface area contributed by atoms with E-state index in [1.54, 1.807) is 11.3 Å². The molecule has 0 radical (unpaired) electrons. The Bertz CT molecular complexity index is 334. The van der Waals surface area contributed by atoms with Crippen molar-refractivity contribution >= 4 is 11.3 Å². The summed E-state index contributed by atoms with van der Waals surface area (Å²) < 4.78 is 5.55. The van der Waals surface area contributed by atoms with E-state index in [0.717, 1.165) is 25.1 Å². The summed E-state index contributed by atoms with van der Waals surface area (Å²) in [5.74, 6) is 0. The number of hydrogen-bond acceptors (Lipinski definition) is 4. The third-order valence-corrected chi connectivity index (χ3v) is 4.14. The molecule has 1 aliphatic carbocycles. The van der Waals surface area contributed by atoms with Crippen molar-refractivity contribution in [1.82, 2.24) is 10.3 Å². The molecule has 1 aromatic rings. The van der Waals surface area contributed by atoms with Gasteiger partial charge in [0.2, 0.25) is 0 Å². The van der Waals surface area contributed by atoms with Gasteiger partial charge < -0.3 is 10.1 Å². The van der Waals surface area contributed by atoms with Crippen LogP contribution in [-0.2, 0) is 4.74 Å². The Hall–Kier alpha value is -0.450. The number of nitrogens with one attached hydrogen (secondary N) is 1. The largest absolute Gasteiger partial charge is 0.378 e. The summed E-state index contributed by atoms with van der Waals surface area (Å²) in [6, 6.07) is 0.974. The topological polar surface area (TPSA) is 34.1 Å². The first kappa shape index (κ1) is 12.0. The molecule has 16 heavy (non-hydrogen) atoms. The zero-order valence-electron chi connectivity index (χ0n) is 10.2. The molecule has 1 unspecified atom stereocenters. The molecule has 1 N–H and O–H groups in total. The van der Waals surface area contributed by atoms with Gasteiger partial charge in [0.25, 0.3) is 0 Å². The SMILES string of the molecule is CCOC1CC(NC(C)c2nc(C)cs2)C1. The Balaban J connectivity index is 1.75. The van der Waals surface area contributed by atoms with Gasteiger partial charge in [-0.15, -0.1) is 11.3 Å². The van der Waals surface area contributed by atoms with Crippen molar-refractivity contribution in [2.75, 3.05) is 6.61 Å². The molecular weight excluding hydrogens is 220 g/mol. The molecule has 0 bridgehead atoms. The Kier molecular flexibility index (Phi) is 3.95. The van der Waals surface area contributed by atoms with Crippen molar-refractivity contribution in [3.05, 3.63) is 16.1 Å². The smallest absolute Gasteiger partial charge is 0.110 e. The molecule has 1 aromatic heterocycles. The first-order valence-electron chi connectivity index (χ1n) is 5.98. The summed E-state index contributed by atoms with van der Waals surface area (Å²) in [5, 5.41) is 6.90. The number of aryl methyl sites for hydroxylation is 1. The highest BCUT2D eigenvalue weighted by Gasteiger charge is 2.30. The maximum atomic E-state index is 5.55. The monoisotopic (exact) mass is 240 g/mol. The van der Waals surface area contributed by atoms with Gasteiger partial charge in [0.1, 0.15) is 5.01 Å². The minimum absolute atomic E-state index is 0.367. The maximum Gasteiger partial charge on any atom is 0.110 e. The zero-order chi connectivity index (χ0) is 11.5. The minimum atomic E-state index is 0.367. The Morgan fingerprint density at radius 2 is 2.38 bits per heavy atom. The van der Waals surface area contributed by atoms with Crippen LogP contribution >= 0.6 is 11.3 Å². The van der Waals surface area contributed by atoms with Crippen LogP contribution in [0, 0.1) is 6.92 Å². The lowest BCUT2D eigenvalue weighted by Gasteiger charge is -2.37. The lowest BCUT2D eigenvalue weighted by atomic mass is 9.88. The first-order valence-corrected chi connectivity index (χ1v) is 6.86. The summed E-state index contributed by atoms with van der Waals surface area (Å²) in [5.41, 5.74) is 1.12. The fourth-order valence-corrected chi connectivity index (χ4v) is 2.88. The molecule has 1 heterocycles. The van der Waals surface area contributed by atoms with Crippen LogP contribution in [0.15, 0.2) is 5.38 Å². The Labute approximate surface area is 101 Å². The van der Waals surface area contributed by atoms with Crippen molar-refractivity contribution in [3.63, 3.8) is 0 Å². The fourth-order valence-electron chi connectivity index (χ4n) is 2.07. The van der Waals surface area contributed by atoms with Crippen molar-refractivity contribution in [1.29, 1.82) is 0 Å². The standard InChI is InChI=1S/C12H20N2OS/c1-4-15-11-5-10(6-11)14-9(3)12-13-8(2)7-16-12/h7,9-11,14H,4-6H2,1-3H3. The molecule has 1 atom stereocenters. The van der Waals surface area contributed by atoms with E-state index in [2.05, 4.69) is 29.5 Å². The van der Waals surface area contributed by atoms with E-state index < -0.39 is 0 Å². The van der Waals surface area contributed by atoms with E-state index in [0.29, 0.717) is 18.2 Å². The van der Waals surface area contributed by atoms with Crippen LogP contribution in [0.1, 0.15) is 43.4 Å². The molecule has 3 nitrogen and oxygen atoms in total. The van der Waals surface area contributed by atoms with E-state index >= 15 is 0 Å². The van der Waals surface area contributed by atoms with Gasteiger partial charge in [0.15, 0.2) is 0 Å². The van der Waals surface area contributed by atoms with Gasteiger partial charge in [-0.2, -0.15) is 0 Å². The van der Waals surface area contributed by atoms with Crippen LogP contribution in [0.5, 0.6) is 0 Å². The predicted molar refractivity (Wildman–Crippen MR) is 66.8 cm³/mol. The van der Waals surface area contributed by atoms with Crippen LogP contribution in [0.25, 0.3) is 0 Å². The van der Waals surface area contributed by atoms with E-state index in [4.69, 9.17) is 4.74 Å². The lowest BCUT2D eigenvalue weighted by Crippen LogP contribution is -2.46. The molecule has 0 spiro atoms. The van der Waals surface area contributed by atoms with Crippen molar-refractivity contribution in [3.8, 4) is 0 Å². The second-order valence-electron chi connectivity index (χ2n) is 4.46. The number of ether oxygens (including phenoxy) is 1. The van der Waals surface area contributed by atoms with Crippen molar-refractivity contribution in [2.24, 2.45) is 0 Å². The molecule has 4 heteroatoms. The number of nitrogens with zero attached hydrogens (tertiary/aromatic N) is 1. The highest BCUT2D eigenvalue weighted by molar-refractivity contribution is 7.09. The number of thiazole rings is 1. The van der Waals surface area contributed by atoms with E-state index in [1.807, 2.05) is 6.92 Å². The van der Waals surface area contributed by atoms with Crippen molar-refractivity contribution in [2.45, 2.75) is 51.8 Å². The Morgan fingerprint density at radius 1 is 1.62 bits per heavy atom. The van der Waals surface area contributed by atoms with Gasteiger partial charge in [0, 0.05) is 23.7 Å². The van der Waals surface area contributed by atoms with Gasteiger partial charge >= 0.3 is 0 Å². The number of hydrogen-bond donors (Lipinski definition) is 1. The first-order chi connectivity index (χ1) is 7.69. The molecule has 1 saturated carbocycles. The van der Waals surface area contributed by atoms with Crippen molar-refractivity contribution < 1.29 is 4.74 Å². The van der Waals surface area contributed by atoms with E-state index in [9.17, 15) is 0 Å². The molecule has 90 valence electrons. The normalized spacial score (nSPS) is 26.4. The van der Waals surface area contributed by atoms with Crippen LogP contribution in [0.3, 0.4) is 0 Å². The molecule has 0 amide bonds. The highest BCUT2D eigenvalue weighted by Crippen LogP contribution is 2.27. The van der Waals surface area contributed by atoms with Crippen LogP contribution in [0.2, 0.25) is 0 Å². The molecule has 0 aliphatic heterocycles. The van der Waals surface area contributed by atoms with Gasteiger partial charge in [-0.1, -0.05) is 0 Å². The molecule has 1 fully saturated rings. The molecule has 1 aliphatic rings. The van der Waals surface area contributed by atoms with Gasteiger partial charge in [-0.05, 0) is 33.6 Å². The summed E-state index contributed by atoms with van der Waals surface area (Å²) in [4.78, 5) is 4.50. The Morgan fingerprint density at radius 3 is 2.94 bits per heavy atom. The number of aromatic nitrogens is 1. The van der Waals surface area contributed by atoms with Crippen LogP contribution in [-0.4, -0.2) is 23.7 Å². The minimum Gasteiger partial charge on any atom is -0.378 e. The zero-order valence-corrected chi connectivity index (χ0v) is 11.0. The third kappa shape index (κ3) is 2.81. The van der Waals surface area contributed by atoms with Gasteiger partial charge in [0.05, 0.1) is 12.1 Å². The fraction of sp³-hybridized carbons (Fsp3) is 0.750. The quantitative estimate of drug-likeness (QED) is 0.859. The average molecular weight is 240 g/mol. The summed E-state index contributed by atoms with van der Waals surface area (Å²) >= 11 is 1.74. The summed E-state index contributed by atoms with van der Waals surface area (Å²) in [6.07, 6.45) is 2.76. The summed E-state index contributed by atoms with van der Waals surface area (Å²) in [6.45, 7) is 7.12. The second-order valence-corrected chi connectivity index (χ2v) is 5.35. The molecule has 0 aromatic carbocycles. The lowest BCUT2D eigenvalue weighted by molar-refractivity contribution is -0.0120. The number of rotatable bonds is 5. The van der Waals surface area contributed by atoms with E-state index in [1.165, 1.54) is 5.01 Å². The van der Waals surface area contributed by atoms with Gasteiger partial charge in [-0.25, -0.2) is 4.98 Å². The van der Waals surface area contributed by atoms with Gasteiger partial charge in [-0.3, -0.25) is 0 Å². The maximum absolute atomic E-state index is 5.55. The third-order valence-electron chi connectivity index (χ3n) is 2.99. The second kappa shape index (κ2) is 5.25. The average Bonchev–Trinajstić information content (AvgIpc) is 2.61. The molecule has 0 saturated heterocycles.